The van der Waals surface area contributed by atoms with E-state index in [0.29, 0.717) is 30.3 Å². The number of carboxylic acids is 1. The fourth-order valence-corrected chi connectivity index (χ4v) is 3.00. The molecule has 2 rings (SSSR count). The number of rotatable bonds is 3. The molecule has 0 saturated carbocycles. The minimum Gasteiger partial charge on any atom is -0.477 e. The first-order chi connectivity index (χ1) is 8.99. The van der Waals surface area contributed by atoms with Gasteiger partial charge in [0.2, 0.25) is 0 Å². The smallest absolute Gasteiger partial charge is 0.342 e. The van der Waals surface area contributed by atoms with Crippen LogP contribution in [0.3, 0.4) is 0 Å². The van der Waals surface area contributed by atoms with Crippen LogP contribution in [0.15, 0.2) is 18.2 Å². The number of carboxylic acid groups (broad SMARTS) is 1. The Labute approximate surface area is 111 Å². The van der Waals surface area contributed by atoms with Crippen LogP contribution < -0.4 is 4.90 Å². The Hall–Kier alpha value is -1.96. The van der Waals surface area contributed by atoms with Crippen LogP contribution in [0.2, 0.25) is 0 Å². The van der Waals surface area contributed by atoms with Crippen molar-refractivity contribution in [3.63, 3.8) is 0 Å². The number of carbonyl (C=O) groups is 1. The predicted octanol–water partition coefficient (Wildman–Crippen LogP) is 0.862. The predicted molar refractivity (Wildman–Crippen MR) is 70.1 cm³/mol. The van der Waals surface area contributed by atoms with Gasteiger partial charge in [-0.3, -0.25) is 14.3 Å². The number of anilines is 1. The molecule has 0 spiro atoms. The van der Waals surface area contributed by atoms with Crippen molar-refractivity contribution in [3.8, 4) is 0 Å². The largest absolute Gasteiger partial charge is 0.477 e. The van der Waals surface area contributed by atoms with Crippen LogP contribution in [-0.2, 0) is 10.8 Å². The van der Waals surface area contributed by atoms with Gasteiger partial charge < -0.3 is 10.0 Å². The van der Waals surface area contributed by atoms with E-state index in [1.54, 1.807) is 0 Å². The Morgan fingerprint density at radius 1 is 1.37 bits per heavy atom. The maximum absolute atomic E-state index is 11.3. The van der Waals surface area contributed by atoms with Crippen molar-refractivity contribution < 1.29 is 19.0 Å². The Morgan fingerprint density at radius 2 is 2.00 bits per heavy atom. The number of hydrogen-bond acceptors (Lipinski definition) is 5. The summed E-state index contributed by atoms with van der Waals surface area (Å²) in [5, 5.41) is 19.8. The molecule has 0 unspecified atom stereocenters. The maximum atomic E-state index is 11.3. The van der Waals surface area contributed by atoms with Gasteiger partial charge in [-0.05, 0) is 12.1 Å². The zero-order valence-electron chi connectivity index (χ0n) is 9.94. The molecule has 1 aliphatic rings. The molecule has 1 aromatic rings. The second kappa shape index (κ2) is 5.35. The van der Waals surface area contributed by atoms with E-state index >= 15 is 0 Å². The Kier molecular flexibility index (Phi) is 3.79. The van der Waals surface area contributed by atoms with Crippen LogP contribution in [0, 0.1) is 10.1 Å². The van der Waals surface area contributed by atoms with Gasteiger partial charge in [-0.15, -0.1) is 0 Å². The minimum atomic E-state index is -1.32. The fourth-order valence-electron chi connectivity index (χ4n) is 1.95. The number of nitrogens with zero attached hydrogens (tertiary/aromatic N) is 2. The summed E-state index contributed by atoms with van der Waals surface area (Å²) < 4.78 is 11.3. The molecule has 0 aromatic heterocycles. The zero-order valence-corrected chi connectivity index (χ0v) is 10.8. The van der Waals surface area contributed by atoms with Crippen molar-refractivity contribution in [1.82, 2.24) is 0 Å². The topological polar surface area (TPSA) is 101 Å². The van der Waals surface area contributed by atoms with Gasteiger partial charge in [-0.2, -0.15) is 0 Å². The van der Waals surface area contributed by atoms with E-state index in [4.69, 9.17) is 5.11 Å². The van der Waals surface area contributed by atoms with E-state index in [1.165, 1.54) is 18.2 Å². The molecule has 1 heterocycles. The number of hydrogen-bond donors (Lipinski definition) is 1. The molecule has 1 aliphatic heterocycles. The van der Waals surface area contributed by atoms with Gasteiger partial charge in [-0.1, -0.05) is 0 Å². The van der Waals surface area contributed by atoms with Gasteiger partial charge in [0, 0.05) is 47.1 Å². The van der Waals surface area contributed by atoms with Crippen molar-refractivity contribution in [3.05, 3.63) is 33.9 Å². The molecule has 7 nitrogen and oxygen atoms in total. The molecule has 0 amide bonds. The van der Waals surface area contributed by atoms with Gasteiger partial charge in [0.1, 0.15) is 5.56 Å². The molecule has 0 atom stereocenters. The lowest BCUT2D eigenvalue weighted by Crippen LogP contribution is -2.37. The molecular weight excluding hydrogens is 272 g/mol. The highest BCUT2D eigenvalue weighted by Gasteiger charge is 2.23. The molecular formula is C11H12N2O5S. The minimum absolute atomic E-state index is 0.325. The van der Waals surface area contributed by atoms with Crippen LogP contribution >= 0.6 is 0 Å². The summed E-state index contributed by atoms with van der Waals surface area (Å²) in [6.07, 6.45) is 0. The Balaban J connectivity index is 2.33. The lowest BCUT2D eigenvalue weighted by molar-refractivity contribution is -0.385. The molecule has 102 valence electrons. The Morgan fingerprint density at radius 3 is 2.53 bits per heavy atom. The summed E-state index contributed by atoms with van der Waals surface area (Å²) in [7, 11) is -0.827. The summed E-state index contributed by atoms with van der Waals surface area (Å²) >= 11 is 0. The first-order valence-corrected chi connectivity index (χ1v) is 7.09. The first-order valence-electron chi connectivity index (χ1n) is 5.60. The number of benzene rings is 1. The lowest BCUT2D eigenvalue weighted by atomic mass is 10.1. The van der Waals surface area contributed by atoms with Gasteiger partial charge in [-0.25, -0.2) is 4.79 Å². The summed E-state index contributed by atoms with van der Waals surface area (Å²) in [5.74, 6) is -0.271. The molecule has 1 N–H and O–H groups in total. The zero-order chi connectivity index (χ0) is 14.0. The van der Waals surface area contributed by atoms with E-state index < -0.39 is 27.4 Å². The fraction of sp³-hybridized carbons (Fsp3) is 0.364. The summed E-state index contributed by atoms with van der Waals surface area (Å²) in [4.78, 5) is 23.0. The van der Waals surface area contributed by atoms with Gasteiger partial charge >= 0.3 is 5.97 Å². The highest BCUT2D eigenvalue weighted by atomic mass is 32.2. The average molecular weight is 284 g/mol. The summed E-state index contributed by atoms with van der Waals surface area (Å²) in [6, 6.07) is 4.03. The molecule has 0 bridgehead atoms. The van der Waals surface area contributed by atoms with Crippen molar-refractivity contribution >= 4 is 28.1 Å². The van der Waals surface area contributed by atoms with E-state index in [1.807, 2.05) is 4.90 Å². The van der Waals surface area contributed by atoms with Crippen molar-refractivity contribution in [1.29, 1.82) is 0 Å². The van der Waals surface area contributed by atoms with Gasteiger partial charge in [0.15, 0.2) is 0 Å². The molecule has 19 heavy (non-hydrogen) atoms. The quantitative estimate of drug-likeness (QED) is 0.652. The third-order valence-corrected chi connectivity index (χ3v) is 4.23. The van der Waals surface area contributed by atoms with Crippen LogP contribution in [0.5, 0.6) is 0 Å². The number of nitro groups is 1. The van der Waals surface area contributed by atoms with E-state index in [2.05, 4.69) is 0 Å². The average Bonchev–Trinajstić information content (AvgIpc) is 2.38. The summed E-state index contributed by atoms with van der Waals surface area (Å²) in [5.41, 5.74) is -0.134. The molecule has 0 aliphatic carbocycles. The van der Waals surface area contributed by atoms with E-state index in [9.17, 15) is 19.1 Å². The van der Waals surface area contributed by atoms with Crippen LogP contribution in [-0.4, -0.2) is 44.8 Å². The highest BCUT2D eigenvalue weighted by molar-refractivity contribution is 7.85. The second-order valence-corrected chi connectivity index (χ2v) is 5.79. The first kappa shape index (κ1) is 13.5. The van der Waals surface area contributed by atoms with Gasteiger partial charge in [0.05, 0.1) is 4.92 Å². The summed E-state index contributed by atoms with van der Waals surface area (Å²) in [6.45, 7) is 1.12. The van der Waals surface area contributed by atoms with Crippen LogP contribution in [0.1, 0.15) is 10.4 Å². The van der Waals surface area contributed by atoms with Crippen LogP contribution in [0.4, 0.5) is 11.4 Å². The SMILES string of the molecule is O=C(O)c1cc(N2CCS(=O)CC2)ccc1[N+](=O)[O-]. The monoisotopic (exact) mass is 284 g/mol. The molecule has 0 radical (unpaired) electrons. The molecule has 1 saturated heterocycles. The maximum Gasteiger partial charge on any atom is 0.342 e. The second-order valence-electron chi connectivity index (χ2n) is 4.10. The number of aromatic carboxylic acids is 1. The lowest BCUT2D eigenvalue weighted by Gasteiger charge is -2.28. The van der Waals surface area contributed by atoms with Crippen molar-refractivity contribution in [2.45, 2.75) is 0 Å². The standard InChI is InChI=1S/C11H12N2O5S/c14-11(15)9-7-8(1-2-10(9)13(16)17)12-3-5-19(18)6-4-12/h1-2,7H,3-6H2,(H,14,15). The molecule has 1 aromatic carbocycles. The highest BCUT2D eigenvalue weighted by Crippen LogP contribution is 2.25. The van der Waals surface area contributed by atoms with E-state index in [-0.39, 0.29) is 5.56 Å². The molecule has 8 heteroatoms. The van der Waals surface area contributed by atoms with Crippen molar-refractivity contribution in [2.24, 2.45) is 0 Å². The van der Waals surface area contributed by atoms with Gasteiger partial charge in [0.25, 0.3) is 5.69 Å². The third kappa shape index (κ3) is 2.90. The van der Waals surface area contributed by atoms with Crippen molar-refractivity contribution in [2.75, 3.05) is 29.5 Å². The van der Waals surface area contributed by atoms with Crippen LogP contribution in [0.25, 0.3) is 0 Å². The third-order valence-electron chi connectivity index (χ3n) is 2.95. The normalized spacial score (nSPS) is 16.3. The molecule has 1 fully saturated rings. The number of nitro benzene ring substituents is 1. The van der Waals surface area contributed by atoms with E-state index in [0.717, 1.165) is 0 Å². The Bertz CT molecular complexity index is 550.